The quantitative estimate of drug-likeness (QED) is 0.303. The average Bonchev–Trinajstić information content (AvgIpc) is 2.96. The zero-order chi connectivity index (χ0) is 34.9. The number of nitrogens with one attached hydrogen (secondary N) is 1. The normalized spacial score (nSPS) is 15.3. The zero-order valence-electron chi connectivity index (χ0n) is 28.4. The Morgan fingerprint density at radius 3 is 1.53 bits per heavy atom. The Hall–Kier alpha value is -4.49. The van der Waals surface area contributed by atoms with Crippen LogP contribution < -0.4 is 20.9 Å². The monoisotopic (exact) mass is 662 g/mol. The fourth-order valence-electron chi connectivity index (χ4n) is 4.82. The van der Waals surface area contributed by atoms with Gasteiger partial charge in [0.25, 0.3) is 0 Å². The van der Waals surface area contributed by atoms with E-state index >= 15 is 0 Å². The summed E-state index contributed by atoms with van der Waals surface area (Å²) < 4.78 is 43.8. The van der Waals surface area contributed by atoms with Crippen molar-refractivity contribution in [3.8, 4) is 0 Å². The third-order valence-corrected chi connectivity index (χ3v) is 6.99. The standard InChI is InChI=1S/C18H26FN3O4.C15H22FN3O2/c1-5-25-16(23)20-13-6-7-15(14(19)12-13)21-8-10-22(11-9-21)17(24)26-18(2,3)4;1-15(2,3)21-14(20)19-8-6-18(7-9-19)13-5-4-11(17)10-12(13)16/h6-7,12H,5,8-11H2,1-4H3,(H,20,23);4-5,10H,6-9,17H2,1-3H3. The Bertz CT molecular complexity index is 1380. The third kappa shape index (κ3) is 11.7. The summed E-state index contributed by atoms with van der Waals surface area (Å²) in [6.45, 7) is 17.0. The topological polar surface area (TPSA) is 130 Å². The molecule has 0 atom stereocenters. The van der Waals surface area contributed by atoms with E-state index < -0.39 is 23.1 Å². The number of carbonyl (C=O) groups is 3. The largest absolute Gasteiger partial charge is 0.450 e. The molecule has 0 aromatic heterocycles. The van der Waals surface area contributed by atoms with Crippen molar-refractivity contribution in [3.05, 3.63) is 48.0 Å². The SMILES string of the molecule is CC(C)(C)OC(=O)N1CCN(c2ccc(N)cc2F)CC1.CCOC(=O)Nc1ccc(N2CCN(C(=O)OC(C)(C)C)CC2)c(F)c1. The van der Waals surface area contributed by atoms with Crippen LogP contribution in [0.5, 0.6) is 0 Å². The van der Waals surface area contributed by atoms with E-state index in [1.807, 2.05) is 51.3 Å². The van der Waals surface area contributed by atoms with Crippen molar-refractivity contribution >= 4 is 41.0 Å². The predicted octanol–water partition coefficient (Wildman–Crippen LogP) is 5.92. The molecule has 0 unspecified atom stereocenters. The van der Waals surface area contributed by atoms with Crippen LogP contribution in [0.25, 0.3) is 0 Å². The number of carbonyl (C=O) groups excluding carboxylic acids is 3. The summed E-state index contributed by atoms with van der Waals surface area (Å²) in [5.41, 5.74) is 6.20. The van der Waals surface area contributed by atoms with Crippen LogP contribution >= 0.6 is 0 Å². The molecule has 2 aromatic rings. The number of nitrogens with zero attached hydrogens (tertiary/aromatic N) is 4. The molecule has 0 aliphatic carbocycles. The molecule has 2 heterocycles. The van der Waals surface area contributed by atoms with E-state index in [0.717, 1.165) is 0 Å². The number of hydrogen-bond donors (Lipinski definition) is 2. The van der Waals surface area contributed by atoms with E-state index in [0.29, 0.717) is 75.1 Å². The number of hydrogen-bond acceptors (Lipinski definition) is 9. The van der Waals surface area contributed by atoms with Gasteiger partial charge in [-0.05, 0) is 84.9 Å². The van der Waals surface area contributed by atoms with E-state index in [9.17, 15) is 23.2 Å². The Morgan fingerprint density at radius 1 is 0.723 bits per heavy atom. The first kappa shape index (κ1) is 37.0. The number of halogens is 2. The number of nitrogens with two attached hydrogens (primary N) is 1. The molecule has 3 amide bonds. The van der Waals surface area contributed by atoms with E-state index in [1.165, 1.54) is 12.1 Å². The van der Waals surface area contributed by atoms with E-state index in [1.54, 1.807) is 41.0 Å². The summed E-state index contributed by atoms with van der Waals surface area (Å²) in [5, 5.41) is 2.47. The molecule has 3 N–H and O–H groups in total. The van der Waals surface area contributed by atoms with Crippen molar-refractivity contribution in [1.29, 1.82) is 0 Å². The highest BCUT2D eigenvalue weighted by atomic mass is 19.1. The van der Waals surface area contributed by atoms with Gasteiger partial charge in [-0.15, -0.1) is 0 Å². The van der Waals surface area contributed by atoms with Crippen molar-refractivity contribution in [1.82, 2.24) is 9.80 Å². The molecule has 0 spiro atoms. The molecular weight excluding hydrogens is 614 g/mol. The molecule has 2 aliphatic rings. The second-order valence-electron chi connectivity index (χ2n) is 13.1. The van der Waals surface area contributed by atoms with Crippen molar-refractivity contribution < 1.29 is 37.4 Å². The third-order valence-electron chi connectivity index (χ3n) is 6.99. The van der Waals surface area contributed by atoms with Gasteiger partial charge in [-0.2, -0.15) is 0 Å². The minimum absolute atomic E-state index is 0.244. The summed E-state index contributed by atoms with van der Waals surface area (Å²) >= 11 is 0. The number of ether oxygens (including phenoxy) is 3. The van der Waals surface area contributed by atoms with Crippen LogP contribution in [0.15, 0.2) is 36.4 Å². The Labute approximate surface area is 275 Å². The molecule has 47 heavy (non-hydrogen) atoms. The van der Waals surface area contributed by atoms with E-state index in [-0.39, 0.29) is 24.6 Å². The molecule has 0 saturated carbocycles. The maximum atomic E-state index is 14.4. The highest BCUT2D eigenvalue weighted by Crippen LogP contribution is 2.25. The molecule has 4 rings (SSSR count). The lowest BCUT2D eigenvalue weighted by Gasteiger charge is -2.36. The van der Waals surface area contributed by atoms with Gasteiger partial charge in [0, 0.05) is 63.7 Å². The van der Waals surface area contributed by atoms with Crippen LogP contribution in [-0.4, -0.2) is 98.2 Å². The molecule has 0 bridgehead atoms. The van der Waals surface area contributed by atoms with E-state index in [4.69, 9.17) is 19.9 Å². The van der Waals surface area contributed by atoms with E-state index in [2.05, 4.69) is 5.32 Å². The molecule has 14 heteroatoms. The molecule has 2 aliphatic heterocycles. The number of nitrogen functional groups attached to an aromatic ring is 1. The highest BCUT2D eigenvalue weighted by Gasteiger charge is 2.28. The maximum Gasteiger partial charge on any atom is 0.411 e. The first-order valence-corrected chi connectivity index (χ1v) is 15.7. The summed E-state index contributed by atoms with van der Waals surface area (Å²) in [6, 6.07) is 9.16. The minimum atomic E-state index is -0.620. The Morgan fingerprint density at radius 2 is 1.15 bits per heavy atom. The van der Waals surface area contributed by atoms with Crippen LogP contribution in [0.3, 0.4) is 0 Å². The molecule has 12 nitrogen and oxygen atoms in total. The Balaban J connectivity index is 0.000000261. The summed E-state index contributed by atoms with van der Waals surface area (Å²) in [7, 11) is 0. The smallest absolute Gasteiger partial charge is 0.411 e. The highest BCUT2D eigenvalue weighted by molar-refractivity contribution is 5.85. The summed E-state index contributed by atoms with van der Waals surface area (Å²) in [5.74, 6) is -0.772. The van der Waals surface area contributed by atoms with Gasteiger partial charge in [0.05, 0.1) is 18.0 Å². The minimum Gasteiger partial charge on any atom is -0.450 e. The van der Waals surface area contributed by atoms with Gasteiger partial charge in [0.15, 0.2) is 0 Å². The van der Waals surface area contributed by atoms with Gasteiger partial charge in [0.1, 0.15) is 22.8 Å². The van der Waals surface area contributed by atoms with Crippen molar-refractivity contribution in [3.63, 3.8) is 0 Å². The fourth-order valence-corrected chi connectivity index (χ4v) is 4.82. The van der Waals surface area contributed by atoms with Gasteiger partial charge in [-0.25, -0.2) is 23.2 Å². The summed E-state index contributed by atoms with van der Waals surface area (Å²) in [6.07, 6.45) is -1.29. The van der Waals surface area contributed by atoms with Gasteiger partial charge in [-0.1, -0.05) is 0 Å². The fraction of sp³-hybridized carbons (Fsp3) is 0.545. The van der Waals surface area contributed by atoms with Crippen LogP contribution in [0.4, 0.5) is 45.9 Å². The lowest BCUT2D eigenvalue weighted by Crippen LogP contribution is -2.50. The average molecular weight is 663 g/mol. The summed E-state index contributed by atoms with van der Waals surface area (Å²) in [4.78, 5) is 42.5. The molecule has 260 valence electrons. The van der Waals surface area contributed by atoms with Gasteiger partial charge >= 0.3 is 18.3 Å². The van der Waals surface area contributed by atoms with Crippen LogP contribution in [0.2, 0.25) is 0 Å². The van der Waals surface area contributed by atoms with Crippen molar-refractivity contribution in [2.24, 2.45) is 0 Å². The van der Waals surface area contributed by atoms with Gasteiger partial charge in [0.2, 0.25) is 0 Å². The van der Waals surface area contributed by atoms with Crippen molar-refractivity contribution in [2.75, 3.05) is 79.8 Å². The molecule has 0 radical (unpaired) electrons. The lowest BCUT2D eigenvalue weighted by atomic mass is 10.2. The van der Waals surface area contributed by atoms with Crippen LogP contribution in [0.1, 0.15) is 48.5 Å². The first-order chi connectivity index (χ1) is 22.0. The zero-order valence-corrected chi connectivity index (χ0v) is 28.4. The van der Waals surface area contributed by atoms with Gasteiger partial charge < -0.3 is 39.5 Å². The molecular formula is C33H48F2N6O6. The second kappa shape index (κ2) is 15.9. The molecule has 2 fully saturated rings. The first-order valence-electron chi connectivity index (χ1n) is 15.7. The second-order valence-corrected chi connectivity index (χ2v) is 13.1. The predicted molar refractivity (Wildman–Crippen MR) is 178 cm³/mol. The molecule has 2 aromatic carbocycles. The number of rotatable bonds is 4. The number of anilines is 4. The van der Waals surface area contributed by atoms with Gasteiger partial charge in [-0.3, -0.25) is 5.32 Å². The van der Waals surface area contributed by atoms with Crippen LogP contribution in [0, 0.1) is 11.6 Å². The number of amides is 3. The van der Waals surface area contributed by atoms with Crippen molar-refractivity contribution in [2.45, 2.75) is 59.7 Å². The van der Waals surface area contributed by atoms with Crippen LogP contribution in [-0.2, 0) is 14.2 Å². The maximum absolute atomic E-state index is 14.4. The number of piperazine rings is 2. The molecule has 2 saturated heterocycles. The Kier molecular flexibility index (Phi) is 12.5. The lowest BCUT2D eigenvalue weighted by molar-refractivity contribution is 0.0230. The number of benzene rings is 2.